The number of amides is 2. The van der Waals surface area contributed by atoms with E-state index in [0.29, 0.717) is 6.42 Å². The van der Waals surface area contributed by atoms with Gasteiger partial charge in [0.25, 0.3) is 5.56 Å². The Morgan fingerprint density at radius 1 is 1.15 bits per heavy atom. The van der Waals surface area contributed by atoms with Crippen LogP contribution in [0.5, 0.6) is 0 Å². The van der Waals surface area contributed by atoms with E-state index in [4.69, 9.17) is 5.73 Å². The quantitative estimate of drug-likeness (QED) is 0.740. The summed E-state index contributed by atoms with van der Waals surface area (Å²) >= 11 is 0. The number of primary amides is 1. The molecule has 1 aliphatic heterocycles. The number of nitrogens with two attached hydrogens (primary N) is 1. The molecule has 8 heteroatoms. The normalized spacial score (nSPS) is 16.4. The highest BCUT2D eigenvalue weighted by molar-refractivity contribution is 5.95. The van der Waals surface area contributed by atoms with Crippen molar-refractivity contribution in [2.45, 2.75) is 19.0 Å². The molecule has 1 unspecified atom stereocenters. The Bertz CT molecular complexity index is 1060. The number of nitrogens with zero attached hydrogens (tertiary/aromatic N) is 3. The van der Waals surface area contributed by atoms with Crippen molar-refractivity contribution in [2.24, 2.45) is 19.8 Å². The lowest BCUT2D eigenvalue weighted by molar-refractivity contribution is -0.136. The third-order valence-electron chi connectivity index (χ3n) is 4.74. The summed E-state index contributed by atoms with van der Waals surface area (Å²) in [5.74, 6) is -1.01. The predicted molar refractivity (Wildman–Crippen MR) is 99.6 cm³/mol. The van der Waals surface area contributed by atoms with Gasteiger partial charge in [-0.1, -0.05) is 24.3 Å². The van der Waals surface area contributed by atoms with Crippen LogP contribution in [0.2, 0.25) is 0 Å². The molecular formula is C19H20N4O4. The highest BCUT2D eigenvalue weighted by Crippen LogP contribution is 2.23. The van der Waals surface area contributed by atoms with Crippen LogP contribution in [0.25, 0.3) is 6.08 Å². The van der Waals surface area contributed by atoms with E-state index in [2.05, 4.69) is 0 Å². The predicted octanol–water partition coefficient (Wildman–Crippen LogP) is -0.464. The minimum absolute atomic E-state index is 0.195. The number of carbonyl (C=O) groups excluding carboxylic acids is 2. The summed E-state index contributed by atoms with van der Waals surface area (Å²) in [5.41, 5.74) is 6.67. The van der Waals surface area contributed by atoms with Gasteiger partial charge in [-0.15, -0.1) is 0 Å². The van der Waals surface area contributed by atoms with Crippen molar-refractivity contribution in [1.29, 1.82) is 0 Å². The average molecular weight is 368 g/mol. The van der Waals surface area contributed by atoms with E-state index in [1.165, 1.54) is 41.9 Å². The van der Waals surface area contributed by atoms with Crippen molar-refractivity contribution in [3.05, 3.63) is 74.1 Å². The van der Waals surface area contributed by atoms with Gasteiger partial charge in [-0.25, -0.2) is 4.79 Å². The van der Waals surface area contributed by atoms with E-state index in [-0.39, 0.29) is 12.1 Å². The maximum atomic E-state index is 12.7. The minimum Gasteiger partial charge on any atom is -0.368 e. The van der Waals surface area contributed by atoms with Crippen LogP contribution in [0, 0.1) is 0 Å². The molecule has 2 N–H and O–H groups in total. The van der Waals surface area contributed by atoms with Crippen LogP contribution in [0.4, 0.5) is 0 Å². The summed E-state index contributed by atoms with van der Waals surface area (Å²) in [6.07, 6.45) is 4.30. The largest absolute Gasteiger partial charge is 0.368 e. The molecule has 1 aromatic carbocycles. The molecule has 0 fully saturated rings. The fourth-order valence-electron chi connectivity index (χ4n) is 3.22. The average Bonchev–Trinajstić information content (AvgIpc) is 2.66. The van der Waals surface area contributed by atoms with Gasteiger partial charge in [0, 0.05) is 39.3 Å². The van der Waals surface area contributed by atoms with Crippen molar-refractivity contribution in [3.8, 4) is 0 Å². The molecule has 2 aromatic rings. The van der Waals surface area contributed by atoms with Gasteiger partial charge in [0.05, 0.1) is 5.56 Å². The SMILES string of the molecule is Cn1cc(C=CC(=O)N2Cc3ccccc3CC2C(N)=O)c(=O)n(C)c1=O. The van der Waals surface area contributed by atoms with E-state index in [1.54, 1.807) is 0 Å². The smallest absolute Gasteiger partial charge is 0.330 e. The molecule has 140 valence electrons. The number of hydrogen-bond acceptors (Lipinski definition) is 4. The Labute approximate surface area is 155 Å². The first-order valence-corrected chi connectivity index (χ1v) is 8.41. The van der Waals surface area contributed by atoms with Gasteiger partial charge >= 0.3 is 5.69 Å². The molecule has 1 aliphatic rings. The van der Waals surface area contributed by atoms with Crippen LogP contribution >= 0.6 is 0 Å². The van der Waals surface area contributed by atoms with Gasteiger partial charge < -0.3 is 15.2 Å². The van der Waals surface area contributed by atoms with E-state index in [1.807, 2.05) is 24.3 Å². The van der Waals surface area contributed by atoms with Crippen LogP contribution in [0.1, 0.15) is 16.7 Å². The maximum absolute atomic E-state index is 12.7. The molecule has 2 amide bonds. The summed E-state index contributed by atoms with van der Waals surface area (Å²) in [6.45, 7) is 0.262. The molecule has 0 saturated heterocycles. The Kier molecular flexibility index (Phi) is 4.81. The molecule has 0 saturated carbocycles. The number of benzene rings is 1. The third-order valence-corrected chi connectivity index (χ3v) is 4.74. The molecule has 0 bridgehead atoms. The molecule has 8 nitrogen and oxygen atoms in total. The van der Waals surface area contributed by atoms with Gasteiger partial charge in [-0.2, -0.15) is 0 Å². The number of hydrogen-bond donors (Lipinski definition) is 1. The number of aromatic nitrogens is 2. The number of aryl methyl sites for hydroxylation is 1. The molecule has 0 aliphatic carbocycles. The number of carbonyl (C=O) groups is 2. The molecule has 27 heavy (non-hydrogen) atoms. The first-order chi connectivity index (χ1) is 12.8. The summed E-state index contributed by atoms with van der Waals surface area (Å²) in [4.78, 5) is 49.8. The Morgan fingerprint density at radius 2 is 1.81 bits per heavy atom. The number of rotatable bonds is 3. The maximum Gasteiger partial charge on any atom is 0.330 e. The number of fused-ring (bicyclic) bond motifs is 1. The summed E-state index contributed by atoms with van der Waals surface area (Å²) in [6, 6.07) is 6.82. The van der Waals surface area contributed by atoms with Crippen molar-refractivity contribution in [2.75, 3.05) is 0 Å². The van der Waals surface area contributed by atoms with Gasteiger partial charge in [-0.05, 0) is 17.2 Å². The first-order valence-electron chi connectivity index (χ1n) is 8.41. The van der Waals surface area contributed by atoms with Crippen LogP contribution < -0.4 is 17.0 Å². The van der Waals surface area contributed by atoms with Gasteiger partial charge in [0.1, 0.15) is 6.04 Å². The molecule has 0 radical (unpaired) electrons. The van der Waals surface area contributed by atoms with E-state index < -0.39 is 29.1 Å². The highest BCUT2D eigenvalue weighted by atomic mass is 16.2. The monoisotopic (exact) mass is 368 g/mol. The summed E-state index contributed by atoms with van der Waals surface area (Å²) in [5, 5.41) is 0. The lowest BCUT2D eigenvalue weighted by Crippen LogP contribution is -2.50. The topological polar surface area (TPSA) is 107 Å². The van der Waals surface area contributed by atoms with Gasteiger partial charge in [0.2, 0.25) is 11.8 Å². The Morgan fingerprint density at radius 3 is 2.48 bits per heavy atom. The Balaban J connectivity index is 1.91. The standard InChI is InChI=1S/C19H20N4O4/c1-21-10-14(18(26)22(2)19(21)27)7-8-16(24)23-11-13-6-4-3-5-12(13)9-15(23)17(20)25/h3-8,10,15H,9,11H2,1-2H3,(H2,20,25). The fourth-order valence-corrected chi connectivity index (χ4v) is 3.22. The van der Waals surface area contributed by atoms with E-state index >= 15 is 0 Å². The molecule has 0 spiro atoms. The lowest BCUT2D eigenvalue weighted by Gasteiger charge is -2.34. The zero-order valence-corrected chi connectivity index (χ0v) is 15.1. The van der Waals surface area contributed by atoms with E-state index in [0.717, 1.165) is 15.7 Å². The van der Waals surface area contributed by atoms with Gasteiger partial charge in [0.15, 0.2) is 0 Å². The third kappa shape index (κ3) is 3.46. The summed E-state index contributed by atoms with van der Waals surface area (Å²) in [7, 11) is 2.89. The van der Waals surface area contributed by atoms with Crippen molar-refractivity contribution in [3.63, 3.8) is 0 Å². The van der Waals surface area contributed by atoms with Crippen molar-refractivity contribution in [1.82, 2.24) is 14.0 Å². The zero-order valence-electron chi connectivity index (χ0n) is 15.1. The zero-order chi connectivity index (χ0) is 19.7. The van der Waals surface area contributed by atoms with E-state index in [9.17, 15) is 19.2 Å². The second-order valence-corrected chi connectivity index (χ2v) is 6.53. The second kappa shape index (κ2) is 7.06. The first kappa shape index (κ1) is 18.4. The molecule has 1 aromatic heterocycles. The minimum atomic E-state index is -0.750. The van der Waals surface area contributed by atoms with Crippen molar-refractivity contribution < 1.29 is 9.59 Å². The molecular weight excluding hydrogens is 348 g/mol. The van der Waals surface area contributed by atoms with Crippen LogP contribution in [-0.4, -0.2) is 31.9 Å². The fraction of sp³-hybridized carbons (Fsp3) is 0.263. The lowest BCUT2D eigenvalue weighted by atomic mass is 9.93. The molecule has 1 atom stereocenters. The highest BCUT2D eigenvalue weighted by Gasteiger charge is 2.32. The van der Waals surface area contributed by atoms with Crippen molar-refractivity contribution >= 4 is 17.9 Å². The van der Waals surface area contributed by atoms with Crippen LogP contribution in [0.3, 0.4) is 0 Å². The molecule has 2 heterocycles. The molecule has 3 rings (SSSR count). The van der Waals surface area contributed by atoms with Gasteiger partial charge in [-0.3, -0.25) is 19.0 Å². The Hall–Kier alpha value is -3.42. The summed E-state index contributed by atoms with van der Waals surface area (Å²) < 4.78 is 2.22. The van der Waals surface area contributed by atoms with Crippen LogP contribution in [-0.2, 0) is 36.6 Å². The van der Waals surface area contributed by atoms with Crippen LogP contribution in [0.15, 0.2) is 46.1 Å². The second-order valence-electron chi connectivity index (χ2n) is 6.53.